The highest BCUT2D eigenvalue weighted by Gasteiger charge is 2.15. The Balaban J connectivity index is 1.73. The van der Waals surface area contributed by atoms with Crippen molar-refractivity contribution in [3.8, 4) is 11.1 Å². The monoisotopic (exact) mass is 327 g/mol. The molecule has 0 aliphatic carbocycles. The SMILES string of the molecule is Cc1cc(F)ccc1-c1ccc(C=NN=C2NC(=O)CS2)cc1. The third-order valence-electron chi connectivity index (χ3n) is 3.35. The molecule has 1 aliphatic rings. The first kappa shape index (κ1) is 15.4. The van der Waals surface area contributed by atoms with E-state index in [1.54, 1.807) is 12.3 Å². The molecule has 0 aromatic heterocycles. The third kappa shape index (κ3) is 3.84. The summed E-state index contributed by atoms with van der Waals surface area (Å²) in [6.07, 6.45) is 1.62. The Morgan fingerprint density at radius 3 is 2.65 bits per heavy atom. The van der Waals surface area contributed by atoms with Gasteiger partial charge in [-0.05, 0) is 41.3 Å². The minimum absolute atomic E-state index is 0.0528. The topological polar surface area (TPSA) is 53.8 Å². The first-order chi connectivity index (χ1) is 11.1. The van der Waals surface area contributed by atoms with E-state index < -0.39 is 0 Å². The first-order valence-corrected chi connectivity index (χ1v) is 8.00. The number of nitrogens with zero attached hydrogens (tertiary/aromatic N) is 2. The summed E-state index contributed by atoms with van der Waals surface area (Å²) in [5.41, 5.74) is 3.81. The van der Waals surface area contributed by atoms with E-state index >= 15 is 0 Å². The van der Waals surface area contributed by atoms with E-state index in [-0.39, 0.29) is 11.7 Å². The molecule has 0 bridgehead atoms. The molecule has 0 atom stereocenters. The normalized spacial score (nSPS) is 16.3. The molecular formula is C17H14FN3OS. The second-order valence-corrected chi connectivity index (χ2v) is 6.03. The van der Waals surface area contributed by atoms with Crippen molar-refractivity contribution in [1.29, 1.82) is 0 Å². The Morgan fingerprint density at radius 2 is 2.00 bits per heavy atom. The van der Waals surface area contributed by atoms with Crippen molar-refractivity contribution in [2.24, 2.45) is 10.2 Å². The molecule has 0 radical (unpaired) electrons. The fourth-order valence-electron chi connectivity index (χ4n) is 2.23. The van der Waals surface area contributed by atoms with Crippen LogP contribution in [-0.2, 0) is 4.79 Å². The molecule has 6 heteroatoms. The van der Waals surface area contributed by atoms with Gasteiger partial charge in [0.2, 0.25) is 5.91 Å². The zero-order chi connectivity index (χ0) is 16.2. The van der Waals surface area contributed by atoms with Gasteiger partial charge in [-0.2, -0.15) is 5.10 Å². The summed E-state index contributed by atoms with van der Waals surface area (Å²) in [5.74, 6) is 0.106. The molecule has 1 saturated heterocycles. The van der Waals surface area contributed by atoms with Crippen LogP contribution in [0.4, 0.5) is 4.39 Å². The number of halogens is 1. The number of aryl methyl sites for hydroxylation is 1. The van der Waals surface area contributed by atoms with Crippen LogP contribution >= 0.6 is 11.8 Å². The van der Waals surface area contributed by atoms with Crippen molar-refractivity contribution in [1.82, 2.24) is 5.32 Å². The molecule has 1 aliphatic heterocycles. The Hall–Kier alpha value is -2.47. The summed E-state index contributed by atoms with van der Waals surface area (Å²) in [6, 6.07) is 12.5. The lowest BCUT2D eigenvalue weighted by atomic mass is 9.99. The van der Waals surface area contributed by atoms with Gasteiger partial charge < -0.3 is 5.32 Å². The average Bonchev–Trinajstić information content (AvgIpc) is 2.94. The molecule has 1 N–H and O–H groups in total. The average molecular weight is 327 g/mol. The number of amidine groups is 1. The summed E-state index contributed by atoms with van der Waals surface area (Å²) in [5, 5.41) is 11.0. The number of hydrogen-bond donors (Lipinski definition) is 1. The molecule has 1 amide bonds. The molecule has 116 valence electrons. The number of carbonyl (C=O) groups is 1. The van der Waals surface area contributed by atoms with Crippen LogP contribution in [-0.4, -0.2) is 23.0 Å². The van der Waals surface area contributed by atoms with Gasteiger partial charge in [0.15, 0.2) is 5.17 Å². The molecule has 2 aromatic rings. The summed E-state index contributed by atoms with van der Waals surface area (Å²) < 4.78 is 13.2. The lowest BCUT2D eigenvalue weighted by molar-refractivity contribution is -0.116. The number of amides is 1. The minimum Gasteiger partial charge on any atom is -0.303 e. The Bertz CT molecular complexity index is 800. The molecule has 0 spiro atoms. The van der Waals surface area contributed by atoms with Crippen molar-refractivity contribution in [2.75, 3.05) is 5.75 Å². The van der Waals surface area contributed by atoms with Crippen LogP contribution in [0.3, 0.4) is 0 Å². The fourth-order valence-corrected chi connectivity index (χ4v) is 2.86. The first-order valence-electron chi connectivity index (χ1n) is 7.02. The zero-order valence-corrected chi connectivity index (χ0v) is 13.2. The second kappa shape index (κ2) is 6.75. The lowest BCUT2D eigenvalue weighted by Crippen LogP contribution is -2.19. The standard InChI is InChI=1S/C17H14FN3OS/c1-11-8-14(18)6-7-15(11)13-4-2-12(3-5-13)9-19-21-17-20-16(22)10-23-17/h2-9H,10H2,1H3,(H,20,21,22). The molecule has 3 rings (SSSR count). The van der Waals surface area contributed by atoms with Gasteiger partial charge in [0.25, 0.3) is 0 Å². The zero-order valence-electron chi connectivity index (χ0n) is 12.4. The highest BCUT2D eigenvalue weighted by Crippen LogP contribution is 2.24. The van der Waals surface area contributed by atoms with Crippen LogP contribution in [0, 0.1) is 12.7 Å². The Kier molecular flexibility index (Phi) is 4.52. The van der Waals surface area contributed by atoms with Crippen LogP contribution < -0.4 is 5.32 Å². The van der Waals surface area contributed by atoms with Gasteiger partial charge in [0, 0.05) is 0 Å². The molecule has 4 nitrogen and oxygen atoms in total. The smallest absolute Gasteiger partial charge is 0.236 e. The van der Waals surface area contributed by atoms with Gasteiger partial charge in [-0.15, -0.1) is 5.10 Å². The number of carbonyl (C=O) groups excluding carboxylic acids is 1. The van der Waals surface area contributed by atoms with Crippen molar-refractivity contribution < 1.29 is 9.18 Å². The van der Waals surface area contributed by atoms with Crippen molar-refractivity contribution in [3.05, 3.63) is 59.4 Å². The van der Waals surface area contributed by atoms with Crippen LogP contribution in [0.25, 0.3) is 11.1 Å². The van der Waals surface area contributed by atoms with E-state index in [1.165, 1.54) is 23.9 Å². The van der Waals surface area contributed by atoms with E-state index in [2.05, 4.69) is 15.5 Å². The van der Waals surface area contributed by atoms with Gasteiger partial charge in [-0.3, -0.25) is 4.79 Å². The van der Waals surface area contributed by atoms with E-state index in [4.69, 9.17) is 0 Å². The van der Waals surface area contributed by atoms with Gasteiger partial charge in [-0.25, -0.2) is 4.39 Å². The maximum absolute atomic E-state index is 13.2. The number of hydrogen-bond acceptors (Lipinski definition) is 4. The largest absolute Gasteiger partial charge is 0.303 e. The predicted octanol–water partition coefficient (Wildman–Crippen LogP) is 3.35. The molecule has 0 saturated carbocycles. The summed E-state index contributed by atoms with van der Waals surface area (Å²) in [6.45, 7) is 1.89. The van der Waals surface area contributed by atoms with E-state index in [0.717, 1.165) is 22.3 Å². The quantitative estimate of drug-likeness (QED) is 0.694. The number of rotatable bonds is 3. The van der Waals surface area contributed by atoms with E-state index in [1.807, 2.05) is 31.2 Å². The summed E-state index contributed by atoms with van der Waals surface area (Å²) in [7, 11) is 0. The fraction of sp³-hybridized carbons (Fsp3) is 0.118. The highest BCUT2D eigenvalue weighted by atomic mass is 32.2. The van der Waals surface area contributed by atoms with Crippen LogP contribution in [0.15, 0.2) is 52.7 Å². The van der Waals surface area contributed by atoms with Gasteiger partial charge in [0.1, 0.15) is 5.82 Å². The van der Waals surface area contributed by atoms with Gasteiger partial charge >= 0.3 is 0 Å². The van der Waals surface area contributed by atoms with Gasteiger partial charge in [0.05, 0.1) is 12.0 Å². The minimum atomic E-state index is -0.231. The van der Waals surface area contributed by atoms with Crippen molar-refractivity contribution in [2.45, 2.75) is 6.92 Å². The molecular weight excluding hydrogens is 313 g/mol. The maximum Gasteiger partial charge on any atom is 0.236 e. The molecule has 1 heterocycles. The maximum atomic E-state index is 13.2. The Labute approximate surface area is 137 Å². The summed E-state index contributed by atoms with van der Waals surface area (Å²) >= 11 is 1.33. The summed E-state index contributed by atoms with van der Waals surface area (Å²) in [4.78, 5) is 11.0. The second-order valence-electron chi connectivity index (χ2n) is 5.07. The van der Waals surface area contributed by atoms with Crippen molar-refractivity contribution >= 4 is 29.1 Å². The molecule has 2 aromatic carbocycles. The van der Waals surface area contributed by atoms with Crippen LogP contribution in [0.2, 0.25) is 0 Å². The third-order valence-corrected chi connectivity index (χ3v) is 4.22. The number of thioether (sulfide) groups is 1. The predicted molar refractivity (Wildman–Crippen MR) is 92.2 cm³/mol. The lowest BCUT2D eigenvalue weighted by Gasteiger charge is -2.06. The molecule has 0 unspecified atom stereocenters. The van der Waals surface area contributed by atoms with Gasteiger partial charge in [-0.1, -0.05) is 42.1 Å². The number of benzene rings is 2. The van der Waals surface area contributed by atoms with Crippen LogP contribution in [0.5, 0.6) is 0 Å². The van der Waals surface area contributed by atoms with E-state index in [0.29, 0.717) is 10.9 Å². The van der Waals surface area contributed by atoms with E-state index in [9.17, 15) is 9.18 Å². The molecule has 23 heavy (non-hydrogen) atoms. The highest BCUT2D eigenvalue weighted by molar-refractivity contribution is 8.15. The molecule has 1 fully saturated rings. The van der Waals surface area contributed by atoms with Crippen molar-refractivity contribution in [3.63, 3.8) is 0 Å². The van der Waals surface area contributed by atoms with Crippen LogP contribution in [0.1, 0.15) is 11.1 Å². The Morgan fingerprint density at radius 1 is 1.22 bits per heavy atom. The number of nitrogens with one attached hydrogen (secondary N) is 1.